The van der Waals surface area contributed by atoms with Gasteiger partial charge in [-0.1, -0.05) is 0 Å². The van der Waals surface area contributed by atoms with Gasteiger partial charge in [-0.15, -0.1) is 0 Å². The van der Waals surface area contributed by atoms with Gasteiger partial charge < -0.3 is 20.1 Å². The molecule has 0 aromatic heterocycles. The number of nitrogens with one attached hydrogen (secondary N) is 1. The van der Waals surface area contributed by atoms with E-state index in [1.165, 1.54) is 12.0 Å². The zero-order chi connectivity index (χ0) is 14.4. The van der Waals surface area contributed by atoms with Crippen LogP contribution >= 0.6 is 0 Å². The average Bonchev–Trinajstić information content (AvgIpc) is 3.18. The summed E-state index contributed by atoms with van der Waals surface area (Å²) in [7, 11) is 1.26. The van der Waals surface area contributed by atoms with Gasteiger partial charge in [0.15, 0.2) is 0 Å². The van der Waals surface area contributed by atoms with Crippen LogP contribution in [0.5, 0.6) is 0 Å². The van der Waals surface area contributed by atoms with Crippen molar-refractivity contribution in [1.29, 1.82) is 0 Å². The molecule has 1 atom stereocenters. The summed E-state index contributed by atoms with van der Waals surface area (Å²) in [4.78, 5) is 35.2. The fourth-order valence-corrected chi connectivity index (χ4v) is 1.82. The predicted molar refractivity (Wildman–Crippen MR) is 66.6 cm³/mol. The van der Waals surface area contributed by atoms with Crippen molar-refractivity contribution in [2.45, 2.75) is 32.2 Å². The minimum absolute atomic E-state index is 0.0911. The van der Waals surface area contributed by atoms with Gasteiger partial charge in [0, 0.05) is 12.6 Å². The summed E-state index contributed by atoms with van der Waals surface area (Å²) in [5.74, 6) is -1.21. The Labute approximate surface area is 111 Å². The summed E-state index contributed by atoms with van der Waals surface area (Å²) in [5.41, 5.74) is 0. The number of carbonyl (C=O) groups is 3. The molecular formula is C12H20N2O5. The maximum absolute atomic E-state index is 12.0. The van der Waals surface area contributed by atoms with Crippen LogP contribution in [0.4, 0.5) is 4.79 Å². The Morgan fingerprint density at radius 1 is 1.42 bits per heavy atom. The minimum atomic E-state index is -0.937. The quantitative estimate of drug-likeness (QED) is 0.656. The lowest BCUT2D eigenvalue weighted by Crippen LogP contribution is -2.48. The number of carbonyl (C=O) groups excluding carboxylic acids is 2. The Kier molecular flexibility index (Phi) is 5.59. The van der Waals surface area contributed by atoms with Crippen molar-refractivity contribution in [3.8, 4) is 0 Å². The third kappa shape index (κ3) is 5.15. The molecule has 0 radical (unpaired) electrons. The van der Waals surface area contributed by atoms with Gasteiger partial charge in [-0.2, -0.15) is 0 Å². The van der Waals surface area contributed by atoms with Crippen LogP contribution in [0.1, 0.15) is 26.2 Å². The summed E-state index contributed by atoms with van der Waals surface area (Å²) in [6.07, 6.45) is 1.77. The molecule has 0 saturated heterocycles. The molecule has 1 aliphatic carbocycles. The highest BCUT2D eigenvalue weighted by atomic mass is 16.5. The Hall–Kier alpha value is -1.79. The van der Waals surface area contributed by atoms with Gasteiger partial charge in [0.1, 0.15) is 6.54 Å². The van der Waals surface area contributed by atoms with Crippen LogP contribution < -0.4 is 5.32 Å². The molecule has 1 fully saturated rings. The van der Waals surface area contributed by atoms with Crippen molar-refractivity contribution >= 4 is 18.0 Å². The van der Waals surface area contributed by atoms with Crippen LogP contribution in [0, 0.1) is 5.92 Å². The number of rotatable bonds is 7. The van der Waals surface area contributed by atoms with E-state index in [-0.39, 0.29) is 24.9 Å². The normalized spacial score (nSPS) is 15.5. The Bertz CT molecular complexity index is 354. The van der Waals surface area contributed by atoms with E-state index in [2.05, 4.69) is 10.1 Å². The van der Waals surface area contributed by atoms with E-state index in [1.807, 2.05) is 0 Å². The lowest BCUT2D eigenvalue weighted by Gasteiger charge is -2.24. The number of nitrogens with zero attached hydrogens (tertiary/aromatic N) is 1. The zero-order valence-electron chi connectivity index (χ0n) is 11.2. The van der Waals surface area contributed by atoms with Gasteiger partial charge in [0.05, 0.1) is 13.5 Å². The van der Waals surface area contributed by atoms with Crippen molar-refractivity contribution in [2.75, 3.05) is 20.2 Å². The highest BCUT2D eigenvalue weighted by Gasteiger charge is 2.34. The number of hydrogen-bond acceptors (Lipinski definition) is 4. The Morgan fingerprint density at radius 2 is 2.05 bits per heavy atom. The number of likely N-dealkylation sites (N-methyl/N-ethyl adjacent to an activating group) is 1. The highest BCUT2D eigenvalue weighted by molar-refractivity contribution is 5.81. The van der Waals surface area contributed by atoms with Crippen LogP contribution in [-0.4, -0.2) is 54.2 Å². The first-order chi connectivity index (χ1) is 8.97. The first-order valence-electron chi connectivity index (χ1n) is 6.32. The van der Waals surface area contributed by atoms with Crippen LogP contribution in [0.3, 0.4) is 0 Å². The van der Waals surface area contributed by atoms with E-state index in [4.69, 9.17) is 5.11 Å². The van der Waals surface area contributed by atoms with Gasteiger partial charge in [0.2, 0.25) is 0 Å². The number of carboxylic acid groups (broad SMARTS) is 1. The summed E-state index contributed by atoms with van der Waals surface area (Å²) < 4.78 is 4.51. The molecule has 7 heteroatoms. The molecule has 7 nitrogen and oxygen atoms in total. The first-order valence-corrected chi connectivity index (χ1v) is 6.32. The zero-order valence-corrected chi connectivity index (χ0v) is 11.2. The van der Waals surface area contributed by atoms with Crippen molar-refractivity contribution in [1.82, 2.24) is 10.2 Å². The van der Waals surface area contributed by atoms with Crippen LogP contribution in [0.25, 0.3) is 0 Å². The van der Waals surface area contributed by atoms with Gasteiger partial charge >= 0.3 is 18.0 Å². The molecule has 19 heavy (non-hydrogen) atoms. The number of urea groups is 1. The monoisotopic (exact) mass is 272 g/mol. The topological polar surface area (TPSA) is 95.9 Å². The third-order valence-electron chi connectivity index (χ3n) is 3.11. The molecule has 108 valence electrons. The van der Waals surface area contributed by atoms with E-state index in [1.54, 1.807) is 6.92 Å². The number of esters is 1. The number of methoxy groups -OCH3 is 1. The molecule has 1 rings (SSSR count). The summed E-state index contributed by atoms with van der Waals surface area (Å²) in [6, 6.07) is -0.789. The number of ether oxygens (including phenoxy) is 1. The molecule has 0 heterocycles. The molecule has 0 bridgehead atoms. The standard InChI is InChI=1S/C12H20N2O5/c1-3-14(7-11(17)19-2)12(18)13-9(6-10(15)16)8-4-5-8/h8-9H,3-7H2,1-2H3,(H,13,18)(H,15,16). The smallest absolute Gasteiger partial charge is 0.325 e. The summed E-state index contributed by atoms with van der Waals surface area (Å²) in [5, 5.41) is 11.5. The molecule has 1 aliphatic rings. The Balaban J connectivity index is 2.53. The molecule has 0 spiro atoms. The number of hydrogen-bond donors (Lipinski definition) is 2. The van der Waals surface area contributed by atoms with E-state index >= 15 is 0 Å². The predicted octanol–water partition coefficient (Wildman–Crippen LogP) is 0.444. The molecule has 2 N–H and O–H groups in total. The van der Waals surface area contributed by atoms with Crippen LogP contribution in [-0.2, 0) is 14.3 Å². The fraction of sp³-hybridized carbons (Fsp3) is 0.750. The maximum atomic E-state index is 12.0. The largest absolute Gasteiger partial charge is 0.481 e. The summed E-state index contributed by atoms with van der Waals surface area (Å²) in [6.45, 7) is 1.96. The minimum Gasteiger partial charge on any atom is -0.481 e. The molecular weight excluding hydrogens is 252 g/mol. The fourth-order valence-electron chi connectivity index (χ4n) is 1.82. The maximum Gasteiger partial charge on any atom is 0.325 e. The van der Waals surface area contributed by atoms with Crippen molar-refractivity contribution in [2.24, 2.45) is 5.92 Å². The molecule has 1 saturated carbocycles. The molecule has 0 aromatic carbocycles. The lowest BCUT2D eigenvalue weighted by molar-refractivity contribution is -0.141. The highest BCUT2D eigenvalue weighted by Crippen LogP contribution is 2.34. The van der Waals surface area contributed by atoms with Crippen LogP contribution in [0.15, 0.2) is 0 Å². The average molecular weight is 272 g/mol. The molecule has 0 aliphatic heterocycles. The SMILES string of the molecule is CCN(CC(=O)OC)C(=O)NC(CC(=O)O)C1CC1. The van der Waals surface area contributed by atoms with E-state index in [9.17, 15) is 14.4 Å². The van der Waals surface area contributed by atoms with E-state index < -0.39 is 18.0 Å². The molecule has 2 amide bonds. The van der Waals surface area contributed by atoms with Crippen molar-refractivity contribution in [3.05, 3.63) is 0 Å². The number of carboxylic acids is 1. The van der Waals surface area contributed by atoms with Gasteiger partial charge in [0.25, 0.3) is 0 Å². The van der Waals surface area contributed by atoms with Gasteiger partial charge in [-0.3, -0.25) is 9.59 Å². The number of amides is 2. The first kappa shape index (κ1) is 15.3. The third-order valence-corrected chi connectivity index (χ3v) is 3.11. The number of aliphatic carboxylic acids is 1. The van der Waals surface area contributed by atoms with Crippen molar-refractivity contribution < 1.29 is 24.2 Å². The van der Waals surface area contributed by atoms with Gasteiger partial charge in [-0.25, -0.2) is 4.79 Å². The molecule has 1 unspecified atom stereocenters. The van der Waals surface area contributed by atoms with Crippen LogP contribution in [0.2, 0.25) is 0 Å². The molecule has 0 aromatic rings. The second-order valence-corrected chi connectivity index (χ2v) is 4.58. The Morgan fingerprint density at radius 3 is 2.47 bits per heavy atom. The van der Waals surface area contributed by atoms with Crippen molar-refractivity contribution in [3.63, 3.8) is 0 Å². The van der Waals surface area contributed by atoms with E-state index in [0.717, 1.165) is 12.8 Å². The lowest BCUT2D eigenvalue weighted by atomic mass is 10.1. The van der Waals surface area contributed by atoms with Gasteiger partial charge in [-0.05, 0) is 25.7 Å². The second kappa shape index (κ2) is 6.96. The van der Waals surface area contributed by atoms with E-state index in [0.29, 0.717) is 6.54 Å². The second-order valence-electron chi connectivity index (χ2n) is 4.58. The summed E-state index contributed by atoms with van der Waals surface area (Å²) >= 11 is 0.